The number of esters is 1. The molecule has 0 saturated carbocycles. The predicted molar refractivity (Wildman–Crippen MR) is 121 cm³/mol. The van der Waals surface area contributed by atoms with Gasteiger partial charge >= 0.3 is 11.9 Å². The van der Waals surface area contributed by atoms with Gasteiger partial charge in [-0.2, -0.15) is 0 Å². The van der Waals surface area contributed by atoms with Gasteiger partial charge in [0.05, 0.1) is 24.4 Å². The van der Waals surface area contributed by atoms with E-state index < -0.39 is 23.7 Å². The summed E-state index contributed by atoms with van der Waals surface area (Å²) in [6.07, 6.45) is 0. The molecule has 1 amide bonds. The van der Waals surface area contributed by atoms with Crippen LogP contribution in [0.5, 0.6) is 0 Å². The zero-order valence-corrected chi connectivity index (χ0v) is 18.6. The summed E-state index contributed by atoms with van der Waals surface area (Å²) in [7, 11) is 1.25. The molecule has 3 aromatic rings. The van der Waals surface area contributed by atoms with Gasteiger partial charge in [-0.3, -0.25) is 14.5 Å². The lowest BCUT2D eigenvalue weighted by molar-refractivity contribution is -0.132. The maximum atomic E-state index is 13.1. The number of amides is 1. The Balaban J connectivity index is 1.93. The number of anilines is 1. The highest BCUT2D eigenvalue weighted by molar-refractivity contribution is 7.17. The van der Waals surface area contributed by atoms with Gasteiger partial charge in [-0.15, -0.1) is 0 Å². The van der Waals surface area contributed by atoms with Crippen molar-refractivity contribution in [2.45, 2.75) is 13.0 Å². The Morgan fingerprint density at radius 1 is 1.12 bits per heavy atom. The lowest BCUT2D eigenvalue weighted by Crippen LogP contribution is -2.29. The average Bonchev–Trinajstić information content (AvgIpc) is 3.31. The molecule has 1 aliphatic heterocycles. The van der Waals surface area contributed by atoms with Crippen LogP contribution in [0.4, 0.5) is 5.13 Å². The predicted octanol–water partition coefficient (Wildman–Crippen LogP) is 4.52. The summed E-state index contributed by atoms with van der Waals surface area (Å²) in [5.74, 6) is -2.59. The molecular formula is C23H17ClN2O5S. The van der Waals surface area contributed by atoms with Gasteiger partial charge < -0.3 is 9.84 Å². The molecule has 1 aromatic heterocycles. The summed E-state index contributed by atoms with van der Waals surface area (Å²) in [5, 5.41) is 11.6. The van der Waals surface area contributed by atoms with Crippen LogP contribution in [0.1, 0.15) is 32.5 Å². The summed E-state index contributed by atoms with van der Waals surface area (Å²) in [5.41, 5.74) is 1.25. The van der Waals surface area contributed by atoms with Crippen molar-refractivity contribution >= 4 is 51.5 Å². The van der Waals surface area contributed by atoms with E-state index in [-0.39, 0.29) is 21.3 Å². The van der Waals surface area contributed by atoms with Crippen LogP contribution in [0.2, 0.25) is 5.02 Å². The molecule has 0 radical (unpaired) electrons. The van der Waals surface area contributed by atoms with E-state index in [0.29, 0.717) is 21.8 Å². The van der Waals surface area contributed by atoms with Crippen LogP contribution in [-0.4, -0.2) is 34.9 Å². The van der Waals surface area contributed by atoms with Crippen LogP contribution < -0.4 is 4.90 Å². The number of nitrogens with zero attached hydrogens (tertiary/aromatic N) is 2. The van der Waals surface area contributed by atoms with E-state index in [0.717, 1.165) is 11.3 Å². The minimum atomic E-state index is -0.955. The highest BCUT2D eigenvalue weighted by Crippen LogP contribution is 2.44. The van der Waals surface area contributed by atoms with Crippen molar-refractivity contribution in [3.05, 3.63) is 86.9 Å². The average molecular weight is 469 g/mol. The summed E-state index contributed by atoms with van der Waals surface area (Å²) >= 11 is 6.97. The lowest BCUT2D eigenvalue weighted by atomic mass is 9.95. The van der Waals surface area contributed by atoms with Gasteiger partial charge in [-0.05, 0) is 24.6 Å². The van der Waals surface area contributed by atoms with E-state index >= 15 is 0 Å². The Bertz CT molecular complexity index is 1250. The standard InChI is InChI=1S/C23H17ClN2O5S/c1-12-20(22(30)31-2)32-23(25-12)26-17(13-8-10-15(24)11-9-13)16(19(28)21(26)29)18(27)14-6-4-3-5-7-14/h3-11,17,27H,1-2H3/b18-16+/t17-/m0/s1. The second-order valence-electron chi connectivity index (χ2n) is 6.99. The zero-order chi connectivity index (χ0) is 23.0. The Morgan fingerprint density at radius 3 is 2.41 bits per heavy atom. The lowest BCUT2D eigenvalue weighted by Gasteiger charge is -2.23. The number of methoxy groups -OCH3 is 1. The van der Waals surface area contributed by atoms with Crippen molar-refractivity contribution in [2.24, 2.45) is 0 Å². The van der Waals surface area contributed by atoms with Crippen molar-refractivity contribution < 1.29 is 24.2 Å². The number of ether oxygens (including phenoxy) is 1. The van der Waals surface area contributed by atoms with Crippen molar-refractivity contribution in [1.82, 2.24) is 4.98 Å². The summed E-state index contributed by atoms with van der Waals surface area (Å²) in [6.45, 7) is 1.62. The van der Waals surface area contributed by atoms with E-state index in [1.807, 2.05) is 0 Å². The van der Waals surface area contributed by atoms with Gasteiger partial charge in [0.2, 0.25) is 0 Å². The first-order chi connectivity index (χ1) is 15.3. The molecule has 7 nitrogen and oxygen atoms in total. The second-order valence-corrected chi connectivity index (χ2v) is 8.40. The summed E-state index contributed by atoms with van der Waals surface area (Å²) in [6, 6.07) is 14.2. The van der Waals surface area contributed by atoms with Crippen LogP contribution in [0.3, 0.4) is 0 Å². The molecular weight excluding hydrogens is 452 g/mol. The third-order valence-electron chi connectivity index (χ3n) is 5.04. The molecule has 4 rings (SSSR count). The number of hydrogen-bond donors (Lipinski definition) is 1. The highest BCUT2D eigenvalue weighted by Gasteiger charge is 2.48. The molecule has 1 fully saturated rings. The van der Waals surface area contributed by atoms with Gasteiger partial charge in [0.15, 0.2) is 5.13 Å². The van der Waals surface area contributed by atoms with Crippen LogP contribution in [0.25, 0.3) is 5.76 Å². The molecule has 2 aromatic carbocycles. The Labute approximate surface area is 192 Å². The third kappa shape index (κ3) is 3.68. The summed E-state index contributed by atoms with van der Waals surface area (Å²) in [4.78, 5) is 44.0. The molecule has 0 aliphatic carbocycles. The number of halogens is 1. The molecule has 0 bridgehead atoms. The van der Waals surface area contributed by atoms with E-state index in [1.165, 1.54) is 12.0 Å². The summed E-state index contributed by atoms with van der Waals surface area (Å²) < 4.78 is 4.78. The first-order valence-electron chi connectivity index (χ1n) is 9.51. The van der Waals surface area contributed by atoms with Crippen LogP contribution in [-0.2, 0) is 14.3 Å². The van der Waals surface area contributed by atoms with Gasteiger partial charge in [-0.1, -0.05) is 65.4 Å². The molecule has 162 valence electrons. The van der Waals surface area contributed by atoms with Crippen molar-refractivity contribution in [2.75, 3.05) is 12.0 Å². The maximum absolute atomic E-state index is 13.1. The van der Waals surface area contributed by atoms with Crippen molar-refractivity contribution in [3.8, 4) is 0 Å². The molecule has 9 heteroatoms. The fraction of sp³-hybridized carbons (Fsp3) is 0.130. The fourth-order valence-electron chi connectivity index (χ4n) is 3.51. The number of Topliss-reactive ketones (excluding diaryl/α,β-unsaturated/α-hetero) is 1. The molecule has 0 spiro atoms. The molecule has 1 saturated heterocycles. The van der Waals surface area contributed by atoms with Crippen molar-refractivity contribution in [1.29, 1.82) is 0 Å². The van der Waals surface area contributed by atoms with Crippen LogP contribution in [0.15, 0.2) is 60.2 Å². The largest absolute Gasteiger partial charge is 0.507 e. The molecule has 2 heterocycles. The number of rotatable bonds is 4. The minimum Gasteiger partial charge on any atom is -0.507 e. The smallest absolute Gasteiger partial charge is 0.350 e. The maximum Gasteiger partial charge on any atom is 0.350 e. The number of hydrogen-bond acceptors (Lipinski definition) is 7. The first kappa shape index (κ1) is 21.7. The third-order valence-corrected chi connectivity index (χ3v) is 6.43. The van der Waals surface area contributed by atoms with E-state index in [1.54, 1.807) is 61.5 Å². The molecule has 1 aliphatic rings. The van der Waals surface area contributed by atoms with E-state index in [4.69, 9.17) is 16.3 Å². The van der Waals surface area contributed by atoms with Gasteiger partial charge in [0.1, 0.15) is 10.6 Å². The minimum absolute atomic E-state index is 0.0732. The number of aryl methyl sites for hydroxylation is 1. The van der Waals surface area contributed by atoms with Gasteiger partial charge in [0.25, 0.3) is 5.78 Å². The number of ketones is 1. The number of aliphatic hydroxyl groups is 1. The van der Waals surface area contributed by atoms with Crippen LogP contribution >= 0.6 is 22.9 Å². The van der Waals surface area contributed by atoms with Gasteiger partial charge in [-0.25, -0.2) is 9.78 Å². The number of aliphatic hydroxyl groups excluding tert-OH is 1. The Morgan fingerprint density at radius 2 is 1.78 bits per heavy atom. The fourth-order valence-corrected chi connectivity index (χ4v) is 4.65. The van der Waals surface area contributed by atoms with E-state index in [9.17, 15) is 19.5 Å². The Kier molecular flexibility index (Phi) is 5.82. The number of thiazole rings is 1. The highest BCUT2D eigenvalue weighted by atomic mass is 35.5. The van der Waals surface area contributed by atoms with E-state index in [2.05, 4.69) is 4.98 Å². The quantitative estimate of drug-likeness (QED) is 0.262. The zero-order valence-electron chi connectivity index (χ0n) is 17.0. The second kappa shape index (κ2) is 8.57. The van der Waals surface area contributed by atoms with Gasteiger partial charge in [0, 0.05) is 10.6 Å². The number of benzene rings is 2. The number of carbonyl (C=O) groups is 3. The normalized spacial score (nSPS) is 17.6. The van der Waals surface area contributed by atoms with Crippen LogP contribution in [0, 0.1) is 6.92 Å². The topological polar surface area (TPSA) is 96.8 Å². The Hall–Kier alpha value is -3.49. The molecule has 1 N–H and O–H groups in total. The molecule has 0 unspecified atom stereocenters. The number of aromatic nitrogens is 1. The first-order valence-corrected chi connectivity index (χ1v) is 10.7. The number of carbonyl (C=O) groups excluding carboxylic acids is 3. The van der Waals surface area contributed by atoms with Crippen molar-refractivity contribution in [3.63, 3.8) is 0 Å². The SMILES string of the molecule is COC(=O)c1sc(N2C(=O)C(=O)/C(=C(/O)c3ccccc3)[C@@H]2c2ccc(Cl)cc2)nc1C. The molecule has 32 heavy (non-hydrogen) atoms. The molecule has 1 atom stereocenters. The monoisotopic (exact) mass is 468 g/mol.